The number of hydrogen-bond acceptors (Lipinski definition) is 7. The van der Waals surface area contributed by atoms with Crippen molar-refractivity contribution >= 4 is 43.8 Å². The number of ether oxygens (including phenoxy) is 1. The van der Waals surface area contributed by atoms with Gasteiger partial charge in [0.25, 0.3) is 0 Å². The van der Waals surface area contributed by atoms with Crippen LogP contribution in [0.4, 0.5) is 5.82 Å². The average molecular weight is 374 g/mol. The van der Waals surface area contributed by atoms with Crippen LogP contribution in [-0.4, -0.2) is 47.0 Å². The average Bonchev–Trinajstić information content (AvgIpc) is 3.08. The van der Waals surface area contributed by atoms with E-state index in [4.69, 9.17) is 10.5 Å². The van der Waals surface area contributed by atoms with E-state index in [1.54, 1.807) is 17.6 Å². The Morgan fingerprint density at radius 2 is 2.00 bits per heavy atom. The van der Waals surface area contributed by atoms with Crippen molar-refractivity contribution in [3.05, 3.63) is 29.8 Å². The lowest BCUT2D eigenvalue weighted by molar-refractivity contribution is 0.0529. The van der Waals surface area contributed by atoms with Gasteiger partial charge < -0.3 is 15.0 Å². The summed E-state index contributed by atoms with van der Waals surface area (Å²) in [6.45, 7) is 1.90. The fourth-order valence-corrected chi connectivity index (χ4v) is 5.14. The number of nitrogens with zero attached hydrogens (tertiary/aromatic N) is 3. The van der Waals surface area contributed by atoms with Gasteiger partial charge in [-0.2, -0.15) is 0 Å². The molecule has 1 unspecified atom stereocenters. The molecule has 0 spiro atoms. The van der Waals surface area contributed by atoms with Crippen LogP contribution in [0.15, 0.2) is 24.3 Å². The highest BCUT2D eigenvalue weighted by molar-refractivity contribution is 7.91. The first-order chi connectivity index (χ1) is 12.4. The van der Waals surface area contributed by atoms with Gasteiger partial charge in [-0.05, 0) is 25.5 Å². The van der Waals surface area contributed by atoms with Crippen molar-refractivity contribution in [3.63, 3.8) is 0 Å². The molecule has 1 atom stereocenters. The predicted octanol–water partition coefficient (Wildman–Crippen LogP) is 1.70. The van der Waals surface area contributed by atoms with Crippen LogP contribution in [0.5, 0.6) is 0 Å². The van der Waals surface area contributed by atoms with Crippen LogP contribution in [0, 0.1) is 0 Å². The monoisotopic (exact) mass is 374 g/mol. The molecule has 136 valence electrons. The summed E-state index contributed by atoms with van der Waals surface area (Å²) < 4.78 is 30.6. The number of benzene rings is 1. The molecule has 2 N–H and O–H groups in total. The number of nitrogens with two attached hydrogens (primary N) is 1. The van der Waals surface area contributed by atoms with E-state index in [9.17, 15) is 13.2 Å². The smallest absolute Gasteiger partial charge is 0.344 e. The number of carbonyl (C=O) groups excluding carboxylic acids is 1. The standard InChI is InChI=1S/C17H18N4O4S/c1-2-25-17(22)13-14-16(20-12-6-4-3-5-11(12)19-14)21(15(13)18)10-7-8-26(23,24)9-10/h3-6,10H,2,7-9,18H2,1H3. The van der Waals surface area contributed by atoms with Crippen molar-refractivity contribution in [2.75, 3.05) is 23.8 Å². The summed E-state index contributed by atoms with van der Waals surface area (Å²) in [5, 5.41) is 0. The highest BCUT2D eigenvalue weighted by Crippen LogP contribution is 2.35. The number of aromatic nitrogens is 3. The second kappa shape index (κ2) is 5.94. The highest BCUT2D eigenvalue weighted by atomic mass is 32.2. The zero-order valence-electron chi connectivity index (χ0n) is 14.2. The Labute approximate surface area is 149 Å². The molecule has 2 aromatic heterocycles. The maximum absolute atomic E-state index is 12.5. The van der Waals surface area contributed by atoms with Crippen LogP contribution in [0.25, 0.3) is 22.2 Å². The second-order valence-electron chi connectivity index (χ2n) is 6.29. The van der Waals surface area contributed by atoms with Gasteiger partial charge in [0, 0.05) is 0 Å². The molecule has 1 fully saturated rings. The van der Waals surface area contributed by atoms with Crippen LogP contribution in [0.3, 0.4) is 0 Å². The lowest BCUT2D eigenvalue weighted by atomic mass is 10.2. The molecule has 0 saturated carbocycles. The molecule has 0 aliphatic carbocycles. The highest BCUT2D eigenvalue weighted by Gasteiger charge is 2.34. The van der Waals surface area contributed by atoms with Crippen LogP contribution in [-0.2, 0) is 14.6 Å². The van der Waals surface area contributed by atoms with E-state index in [2.05, 4.69) is 9.97 Å². The Morgan fingerprint density at radius 1 is 1.31 bits per heavy atom. The van der Waals surface area contributed by atoms with E-state index >= 15 is 0 Å². The van der Waals surface area contributed by atoms with E-state index in [1.807, 2.05) is 18.2 Å². The zero-order valence-corrected chi connectivity index (χ0v) is 15.0. The maximum Gasteiger partial charge on any atom is 0.344 e. The fourth-order valence-electron chi connectivity index (χ4n) is 3.44. The normalized spacial score (nSPS) is 19.2. The Bertz CT molecular complexity index is 1140. The predicted molar refractivity (Wildman–Crippen MR) is 97.7 cm³/mol. The van der Waals surface area contributed by atoms with Gasteiger partial charge in [0.1, 0.15) is 16.9 Å². The third-order valence-corrected chi connectivity index (χ3v) is 6.34. The lowest BCUT2D eigenvalue weighted by Crippen LogP contribution is -2.15. The van der Waals surface area contributed by atoms with E-state index in [0.29, 0.717) is 28.6 Å². The Hall–Kier alpha value is -2.68. The number of sulfone groups is 1. The molecule has 3 heterocycles. The number of para-hydroxylation sites is 2. The number of esters is 1. The quantitative estimate of drug-likeness (QED) is 0.693. The van der Waals surface area contributed by atoms with Crippen LogP contribution >= 0.6 is 0 Å². The minimum atomic E-state index is -3.13. The van der Waals surface area contributed by atoms with Crippen molar-refractivity contribution in [3.8, 4) is 0 Å². The fraction of sp³-hybridized carbons (Fsp3) is 0.353. The molecule has 1 saturated heterocycles. The Morgan fingerprint density at radius 3 is 2.62 bits per heavy atom. The van der Waals surface area contributed by atoms with Crippen LogP contribution in [0.1, 0.15) is 29.7 Å². The summed E-state index contributed by atoms with van der Waals surface area (Å²) >= 11 is 0. The van der Waals surface area contributed by atoms with Crippen molar-refractivity contribution in [1.29, 1.82) is 0 Å². The van der Waals surface area contributed by atoms with Gasteiger partial charge in [-0.1, -0.05) is 12.1 Å². The summed E-state index contributed by atoms with van der Waals surface area (Å²) in [5.74, 6) is -0.375. The van der Waals surface area contributed by atoms with Gasteiger partial charge in [0.2, 0.25) is 0 Å². The third kappa shape index (κ3) is 2.59. The largest absolute Gasteiger partial charge is 0.462 e. The van der Waals surface area contributed by atoms with Gasteiger partial charge in [-0.25, -0.2) is 23.2 Å². The molecule has 8 nitrogen and oxygen atoms in total. The maximum atomic E-state index is 12.5. The summed E-state index contributed by atoms with van der Waals surface area (Å²) in [6.07, 6.45) is 0.424. The number of rotatable bonds is 3. The first kappa shape index (κ1) is 16.8. The van der Waals surface area contributed by atoms with Crippen molar-refractivity contribution in [2.24, 2.45) is 0 Å². The Balaban J connectivity index is 2.02. The molecule has 26 heavy (non-hydrogen) atoms. The molecule has 0 bridgehead atoms. The molecule has 4 rings (SSSR count). The number of nitrogen functional groups attached to an aromatic ring is 1. The second-order valence-corrected chi connectivity index (χ2v) is 8.52. The molecule has 0 radical (unpaired) electrons. The van der Waals surface area contributed by atoms with Gasteiger partial charge >= 0.3 is 5.97 Å². The minimum absolute atomic E-state index is 0.0300. The Kier molecular flexibility index (Phi) is 3.83. The number of hydrogen-bond donors (Lipinski definition) is 1. The van der Waals surface area contributed by atoms with Gasteiger partial charge in [-0.15, -0.1) is 0 Å². The SMILES string of the molecule is CCOC(=O)c1c(N)n(C2CCS(=O)(=O)C2)c2nc3ccccc3nc12. The molecule has 1 aliphatic heterocycles. The summed E-state index contributed by atoms with van der Waals surface area (Å²) in [4.78, 5) is 21.6. The topological polar surface area (TPSA) is 117 Å². The first-order valence-electron chi connectivity index (χ1n) is 8.35. The van der Waals surface area contributed by atoms with Crippen molar-refractivity contribution in [2.45, 2.75) is 19.4 Å². The third-order valence-electron chi connectivity index (χ3n) is 4.59. The first-order valence-corrected chi connectivity index (χ1v) is 10.2. The molecular formula is C17H18N4O4S. The molecular weight excluding hydrogens is 356 g/mol. The van der Waals surface area contributed by atoms with Gasteiger partial charge in [0.15, 0.2) is 15.5 Å². The summed E-state index contributed by atoms with van der Waals surface area (Å²) in [6, 6.07) is 6.90. The van der Waals surface area contributed by atoms with Crippen molar-refractivity contribution in [1.82, 2.24) is 14.5 Å². The minimum Gasteiger partial charge on any atom is -0.462 e. The van der Waals surface area contributed by atoms with E-state index in [-0.39, 0.29) is 35.5 Å². The summed E-state index contributed by atoms with van der Waals surface area (Å²) in [7, 11) is -3.13. The van der Waals surface area contributed by atoms with Crippen molar-refractivity contribution < 1.29 is 17.9 Å². The molecule has 9 heteroatoms. The van der Waals surface area contributed by atoms with Gasteiger partial charge in [-0.3, -0.25) is 0 Å². The van der Waals surface area contributed by atoms with Gasteiger partial charge in [0.05, 0.1) is 35.2 Å². The number of carbonyl (C=O) groups is 1. The molecule has 0 amide bonds. The van der Waals surface area contributed by atoms with E-state index in [0.717, 1.165) is 0 Å². The molecule has 3 aromatic rings. The zero-order chi connectivity index (χ0) is 18.5. The number of fused-ring (bicyclic) bond motifs is 2. The van der Waals surface area contributed by atoms with E-state index < -0.39 is 15.8 Å². The summed E-state index contributed by atoms with van der Waals surface area (Å²) in [5.41, 5.74) is 8.43. The van der Waals surface area contributed by atoms with E-state index in [1.165, 1.54) is 0 Å². The van der Waals surface area contributed by atoms with Crippen LogP contribution < -0.4 is 5.73 Å². The molecule has 1 aliphatic rings. The molecule has 1 aromatic carbocycles. The van der Waals surface area contributed by atoms with Crippen LogP contribution in [0.2, 0.25) is 0 Å². The lowest BCUT2D eigenvalue weighted by Gasteiger charge is -2.14. The number of anilines is 1.